The Kier molecular flexibility index (Phi) is 14.3. The third-order valence-electron chi connectivity index (χ3n) is 7.49. The highest BCUT2D eigenvalue weighted by atomic mass is 35.8. The van der Waals surface area contributed by atoms with Crippen molar-refractivity contribution in [3.63, 3.8) is 0 Å². The average molecular weight is 740 g/mol. The molecule has 0 fully saturated rings. The van der Waals surface area contributed by atoms with Crippen molar-refractivity contribution in [2.45, 2.75) is 39.5 Å². The second kappa shape index (κ2) is 17.9. The van der Waals surface area contributed by atoms with Gasteiger partial charge in [0, 0.05) is 29.5 Å². The summed E-state index contributed by atoms with van der Waals surface area (Å²) in [5.41, 5.74) is 4.07. The summed E-state index contributed by atoms with van der Waals surface area (Å²) < 4.78 is 0. The Balaban J connectivity index is 0.000000193. The molecule has 0 unspecified atom stereocenters. The van der Waals surface area contributed by atoms with Crippen molar-refractivity contribution < 1.29 is 44.1 Å². The van der Waals surface area contributed by atoms with E-state index in [0.717, 1.165) is 11.1 Å². The number of aldehydes is 1. The maximum atomic E-state index is 11.8. The predicted octanol–water partition coefficient (Wildman–Crippen LogP) is 7.66. The van der Waals surface area contributed by atoms with Crippen molar-refractivity contribution in [1.29, 1.82) is 0 Å². The van der Waals surface area contributed by atoms with Crippen LogP contribution >= 0.6 is 30.1 Å². The molecule has 0 atom stereocenters. The summed E-state index contributed by atoms with van der Waals surface area (Å²) in [5.74, 6) is -0.906. The first-order valence-corrected chi connectivity index (χ1v) is 20.1. The number of allylic oxidation sites excluding steroid dienone is 5. The van der Waals surface area contributed by atoms with Crippen LogP contribution in [0.15, 0.2) is 66.8 Å². The van der Waals surface area contributed by atoms with Crippen LogP contribution in [-0.4, -0.2) is 61.9 Å². The maximum absolute atomic E-state index is 11.8. The predicted molar refractivity (Wildman–Crippen MR) is 190 cm³/mol. The van der Waals surface area contributed by atoms with Gasteiger partial charge in [0.25, 0.3) is 0 Å². The number of phenolic OH excluding ortho intramolecular Hbond substituents is 3. The number of benzene rings is 3. The zero-order valence-electron chi connectivity index (χ0n) is 26.3. The van der Waals surface area contributed by atoms with Crippen molar-refractivity contribution in [3.8, 4) is 17.2 Å². The van der Waals surface area contributed by atoms with E-state index in [4.69, 9.17) is 35.3 Å². The molecule has 3 N–H and O–H groups in total. The number of carbonyl (C=O) groups is 6. The van der Waals surface area contributed by atoms with Crippen LogP contribution in [0.2, 0.25) is 0 Å². The molecule has 0 saturated carbocycles. The SMILES string of the molecule is C/C=C\C(=O)c1cc2c(c(C=O)c1O)CCC2=O.C/C=C\C(=O)c1cc2c(cc1O)CCC2=O.O=C1C=Cc2cc(O)ccc21.[Cl][Al]([Cl])[Cl]. The van der Waals surface area contributed by atoms with Crippen molar-refractivity contribution in [1.82, 2.24) is 0 Å². The number of aryl methyl sites for hydroxylation is 1. The van der Waals surface area contributed by atoms with E-state index < -0.39 is 17.2 Å². The molecule has 0 heterocycles. The fourth-order valence-corrected chi connectivity index (χ4v) is 5.27. The monoisotopic (exact) mass is 738 g/mol. The third kappa shape index (κ3) is 9.88. The normalized spacial score (nSPS) is 13.4. The van der Waals surface area contributed by atoms with Gasteiger partial charge in [0.2, 0.25) is 0 Å². The average Bonchev–Trinajstić information content (AvgIpc) is 3.72. The molecule has 3 aromatic carbocycles. The third-order valence-corrected chi connectivity index (χ3v) is 7.49. The Bertz CT molecular complexity index is 1920. The largest absolute Gasteiger partial charge is 0.643 e. The van der Waals surface area contributed by atoms with Crippen LogP contribution in [0.5, 0.6) is 17.2 Å². The molecule has 13 heteroatoms. The second-order valence-electron chi connectivity index (χ2n) is 10.6. The second-order valence-corrected chi connectivity index (χ2v) is 17.1. The summed E-state index contributed by atoms with van der Waals surface area (Å²) in [6.45, 7) is 3.40. The molecule has 252 valence electrons. The van der Waals surface area contributed by atoms with Gasteiger partial charge in [-0.05, 0) is 98.0 Å². The van der Waals surface area contributed by atoms with Gasteiger partial charge in [-0.25, -0.2) is 30.1 Å². The van der Waals surface area contributed by atoms with Crippen LogP contribution in [0.4, 0.5) is 0 Å². The number of Topliss-reactive ketones (excluding diaryl/α,β-unsaturated/α-hetero) is 2. The van der Waals surface area contributed by atoms with E-state index in [0.29, 0.717) is 54.2 Å². The molecule has 0 spiro atoms. The van der Waals surface area contributed by atoms with Crippen molar-refractivity contribution in [2.24, 2.45) is 0 Å². The van der Waals surface area contributed by atoms with Gasteiger partial charge in [0.15, 0.2) is 35.2 Å². The summed E-state index contributed by atoms with van der Waals surface area (Å²) in [7, 11) is 14.8. The summed E-state index contributed by atoms with van der Waals surface area (Å²) >= 11 is -1.72. The Morgan fingerprint density at radius 3 is 1.92 bits per heavy atom. The molecular weight excluding hydrogens is 710 g/mol. The van der Waals surface area contributed by atoms with Crippen LogP contribution in [-0.2, 0) is 12.8 Å². The Hall–Kier alpha value is -4.30. The van der Waals surface area contributed by atoms with E-state index in [2.05, 4.69) is 0 Å². The number of phenols is 3. The standard InChI is InChI=1S/C14H12O4.C13H12O3.C9H6O2.Al.3ClH/c1-2-3-12(16)10-6-9-8(4-5-13(9)17)11(7-15)14(10)18;1-2-3-11(14)10-7-9-8(6-13(10)16)4-5-12(9)15;10-7-2-3-8-6(5-7)1-4-9(8)11;;;;/h2-3,6-7,18H,4-5H2,1H3;2-3,6-7,16H,4-5H2,1H3;1-5,10H;;3*1H/q;;;+3;;;/p-3/b2*3-2-;;;;;. The quantitative estimate of drug-likeness (QED) is 0.103. The van der Waals surface area contributed by atoms with Crippen molar-refractivity contribution >= 4 is 82.8 Å². The van der Waals surface area contributed by atoms with E-state index >= 15 is 0 Å². The minimum absolute atomic E-state index is 0.00389. The molecule has 0 aliphatic heterocycles. The summed E-state index contributed by atoms with van der Waals surface area (Å²) in [6.07, 6.45) is 11.4. The first-order valence-electron chi connectivity index (χ1n) is 14.8. The molecular formula is C36H30AlCl3O9. The maximum Gasteiger partial charge on any atom is 0.643 e. The molecule has 0 radical (unpaired) electrons. The highest BCUT2D eigenvalue weighted by Gasteiger charge is 2.28. The minimum Gasteiger partial charge on any atom is -0.508 e. The lowest BCUT2D eigenvalue weighted by molar-refractivity contribution is 0.0985. The minimum atomic E-state index is -1.72. The number of aromatic hydroxyl groups is 3. The number of rotatable bonds is 5. The van der Waals surface area contributed by atoms with E-state index in [-0.39, 0.29) is 57.1 Å². The topological polar surface area (TPSA) is 163 Å². The van der Waals surface area contributed by atoms with Crippen molar-refractivity contribution in [3.05, 3.63) is 117 Å². The van der Waals surface area contributed by atoms with E-state index in [1.54, 1.807) is 38.1 Å². The zero-order chi connectivity index (χ0) is 36.4. The molecule has 3 aromatic rings. The zero-order valence-corrected chi connectivity index (χ0v) is 29.8. The lowest BCUT2D eigenvalue weighted by Crippen LogP contribution is -2.03. The van der Waals surface area contributed by atoms with Crippen LogP contribution in [0, 0.1) is 0 Å². The first-order chi connectivity index (χ1) is 23.2. The highest BCUT2D eigenvalue weighted by Crippen LogP contribution is 2.34. The molecule has 3 aliphatic carbocycles. The van der Waals surface area contributed by atoms with Gasteiger partial charge in [-0.1, -0.05) is 18.2 Å². The summed E-state index contributed by atoms with van der Waals surface area (Å²) in [5, 5.41) is 28.7. The van der Waals surface area contributed by atoms with Crippen LogP contribution < -0.4 is 0 Å². The lowest BCUT2D eigenvalue weighted by atomic mass is 9.96. The number of hydrogen-bond donors (Lipinski definition) is 3. The Morgan fingerprint density at radius 2 is 1.31 bits per heavy atom. The van der Waals surface area contributed by atoms with Gasteiger partial charge in [0.1, 0.15) is 17.2 Å². The smallest absolute Gasteiger partial charge is 0.508 e. The van der Waals surface area contributed by atoms with E-state index in [9.17, 15) is 39.0 Å². The van der Waals surface area contributed by atoms with Gasteiger partial charge in [-0.3, -0.25) is 28.8 Å². The van der Waals surface area contributed by atoms with Crippen LogP contribution in [0.1, 0.15) is 106 Å². The van der Waals surface area contributed by atoms with Gasteiger partial charge >= 0.3 is 11.4 Å². The van der Waals surface area contributed by atoms with Crippen LogP contribution in [0.25, 0.3) is 6.08 Å². The van der Waals surface area contributed by atoms with E-state index in [1.807, 2.05) is 0 Å². The molecule has 49 heavy (non-hydrogen) atoms. The molecule has 9 nitrogen and oxygen atoms in total. The number of carbonyl (C=O) groups excluding carboxylic acids is 6. The number of ketones is 5. The highest BCUT2D eigenvalue weighted by molar-refractivity contribution is 7.54. The van der Waals surface area contributed by atoms with E-state index in [1.165, 1.54) is 48.6 Å². The molecule has 6 rings (SSSR count). The lowest BCUT2D eigenvalue weighted by Gasteiger charge is -2.08. The van der Waals surface area contributed by atoms with Gasteiger partial charge in [0.05, 0.1) is 16.7 Å². The fourth-order valence-electron chi connectivity index (χ4n) is 5.27. The number of hydrogen-bond acceptors (Lipinski definition) is 9. The molecule has 3 aliphatic rings. The number of halogens is 3. The molecule has 0 aromatic heterocycles. The Labute approximate surface area is 299 Å². The number of fused-ring (bicyclic) bond motifs is 3. The Morgan fingerprint density at radius 1 is 0.735 bits per heavy atom. The molecule has 0 saturated heterocycles. The van der Waals surface area contributed by atoms with Crippen molar-refractivity contribution in [2.75, 3.05) is 0 Å². The summed E-state index contributed by atoms with van der Waals surface area (Å²) in [4.78, 5) is 68.6. The summed E-state index contributed by atoms with van der Waals surface area (Å²) in [6, 6.07) is 9.14. The van der Waals surface area contributed by atoms with Gasteiger partial charge in [-0.2, -0.15) is 0 Å². The first kappa shape index (κ1) is 39.1. The van der Waals surface area contributed by atoms with Gasteiger partial charge < -0.3 is 15.3 Å². The molecule has 0 amide bonds. The molecule has 0 bridgehead atoms. The fraction of sp³-hybridized carbons (Fsp3) is 0.167. The van der Waals surface area contributed by atoms with Crippen LogP contribution in [0.3, 0.4) is 0 Å². The van der Waals surface area contributed by atoms with Gasteiger partial charge in [-0.15, -0.1) is 0 Å².